The van der Waals surface area contributed by atoms with Crippen molar-refractivity contribution < 1.29 is 9.47 Å². The van der Waals surface area contributed by atoms with Crippen molar-refractivity contribution in [1.29, 1.82) is 0 Å². The van der Waals surface area contributed by atoms with Crippen LogP contribution in [0.25, 0.3) is 5.69 Å². The third kappa shape index (κ3) is 5.88. The zero-order valence-corrected chi connectivity index (χ0v) is 17.6. The van der Waals surface area contributed by atoms with E-state index in [1.807, 2.05) is 41.2 Å². The fraction of sp³-hybridized carbons (Fsp3) is 0.348. The standard InChI is InChI=1S/C23H28N2O2S/c1-4-18(2)19(3)27-17-28-23-8-5-7-22(15-23)26-16-20-9-11-21(12-10-20)25-14-6-13-24-25/h5-15,18-19H,4,16-17H2,1-3H3/t18-,19?/m1/s1. The minimum Gasteiger partial charge on any atom is -0.489 e. The lowest BCUT2D eigenvalue weighted by atomic mass is 10.0. The van der Waals surface area contributed by atoms with Crippen molar-refractivity contribution in [3.8, 4) is 11.4 Å². The summed E-state index contributed by atoms with van der Waals surface area (Å²) >= 11 is 1.70. The zero-order chi connectivity index (χ0) is 19.8. The van der Waals surface area contributed by atoms with Crippen LogP contribution >= 0.6 is 11.8 Å². The number of ether oxygens (including phenoxy) is 2. The Morgan fingerprint density at radius 1 is 1.07 bits per heavy atom. The van der Waals surface area contributed by atoms with Gasteiger partial charge in [-0.15, -0.1) is 0 Å². The Kier molecular flexibility index (Phi) is 7.57. The zero-order valence-electron chi connectivity index (χ0n) is 16.7. The van der Waals surface area contributed by atoms with Gasteiger partial charge in [-0.3, -0.25) is 0 Å². The van der Waals surface area contributed by atoms with Crippen LogP contribution in [0, 0.1) is 5.92 Å². The maximum absolute atomic E-state index is 5.97. The molecular formula is C23H28N2O2S. The van der Waals surface area contributed by atoms with Gasteiger partial charge >= 0.3 is 0 Å². The van der Waals surface area contributed by atoms with E-state index in [0.717, 1.165) is 28.3 Å². The molecule has 3 rings (SSSR count). The molecule has 28 heavy (non-hydrogen) atoms. The summed E-state index contributed by atoms with van der Waals surface area (Å²) in [5, 5.41) is 4.24. The Morgan fingerprint density at radius 2 is 1.89 bits per heavy atom. The number of rotatable bonds is 10. The van der Waals surface area contributed by atoms with Gasteiger partial charge in [0.1, 0.15) is 12.4 Å². The lowest BCUT2D eigenvalue weighted by Crippen LogP contribution is -2.17. The third-order valence-corrected chi connectivity index (χ3v) is 5.76. The number of benzene rings is 2. The van der Waals surface area contributed by atoms with Gasteiger partial charge in [-0.05, 0) is 54.8 Å². The molecule has 1 heterocycles. The quantitative estimate of drug-likeness (QED) is 0.313. The van der Waals surface area contributed by atoms with Crippen LogP contribution in [0.4, 0.5) is 0 Å². The Labute approximate surface area is 171 Å². The largest absolute Gasteiger partial charge is 0.489 e. The Bertz CT molecular complexity index is 834. The van der Waals surface area contributed by atoms with Crippen molar-refractivity contribution >= 4 is 11.8 Å². The second-order valence-electron chi connectivity index (χ2n) is 6.90. The highest BCUT2D eigenvalue weighted by atomic mass is 32.2. The maximum atomic E-state index is 5.97. The van der Waals surface area contributed by atoms with Crippen LogP contribution in [0.15, 0.2) is 71.9 Å². The summed E-state index contributed by atoms with van der Waals surface area (Å²) in [7, 11) is 0. The molecule has 5 heteroatoms. The molecule has 2 aromatic carbocycles. The Hall–Kier alpha value is -2.24. The Morgan fingerprint density at radius 3 is 2.61 bits per heavy atom. The van der Waals surface area contributed by atoms with E-state index >= 15 is 0 Å². The van der Waals surface area contributed by atoms with Crippen LogP contribution in [-0.4, -0.2) is 21.8 Å². The van der Waals surface area contributed by atoms with Crippen molar-refractivity contribution in [2.45, 2.75) is 44.8 Å². The van der Waals surface area contributed by atoms with Gasteiger partial charge in [0.15, 0.2) is 0 Å². The third-order valence-electron chi connectivity index (χ3n) is 4.92. The molecular weight excluding hydrogens is 368 g/mol. The number of aromatic nitrogens is 2. The molecule has 1 aromatic heterocycles. The van der Waals surface area contributed by atoms with E-state index in [9.17, 15) is 0 Å². The summed E-state index contributed by atoms with van der Waals surface area (Å²) in [6, 6.07) is 18.3. The van der Waals surface area contributed by atoms with E-state index in [2.05, 4.69) is 50.1 Å². The molecule has 2 atom stereocenters. The summed E-state index contributed by atoms with van der Waals surface area (Å²) in [4.78, 5) is 1.16. The van der Waals surface area contributed by atoms with Gasteiger partial charge in [-0.1, -0.05) is 50.2 Å². The van der Waals surface area contributed by atoms with Crippen LogP contribution in [0.2, 0.25) is 0 Å². The highest BCUT2D eigenvalue weighted by Crippen LogP contribution is 2.25. The average Bonchev–Trinajstić information content (AvgIpc) is 3.27. The van der Waals surface area contributed by atoms with E-state index in [1.54, 1.807) is 18.0 Å². The van der Waals surface area contributed by atoms with Gasteiger partial charge in [0, 0.05) is 17.3 Å². The van der Waals surface area contributed by atoms with Gasteiger partial charge in [-0.25, -0.2) is 4.68 Å². The minimum absolute atomic E-state index is 0.279. The molecule has 0 bridgehead atoms. The lowest BCUT2D eigenvalue weighted by molar-refractivity contribution is 0.0614. The van der Waals surface area contributed by atoms with E-state index in [4.69, 9.17) is 9.47 Å². The van der Waals surface area contributed by atoms with E-state index < -0.39 is 0 Å². The van der Waals surface area contributed by atoms with Crippen LogP contribution in [0.1, 0.15) is 32.8 Å². The van der Waals surface area contributed by atoms with Gasteiger partial charge < -0.3 is 9.47 Å². The van der Waals surface area contributed by atoms with Crippen molar-refractivity contribution in [1.82, 2.24) is 9.78 Å². The topological polar surface area (TPSA) is 36.3 Å². The predicted octanol–water partition coefficient (Wildman–Crippen LogP) is 5.95. The molecule has 0 saturated carbocycles. The summed E-state index contributed by atoms with van der Waals surface area (Å²) in [5.74, 6) is 2.11. The van der Waals surface area contributed by atoms with Crippen molar-refractivity contribution in [3.05, 3.63) is 72.6 Å². The fourth-order valence-electron chi connectivity index (χ4n) is 2.69. The maximum Gasteiger partial charge on any atom is 0.120 e. The van der Waals surface area contributed by atoms with Crippen molar-refractivity contribution in [2.24, 2.45) is 5.92 Å². The first-order valence-electron chi connectivity index (χ1n) is 9.72. The molecule has 0 aliphatic heterocycles. The van der Waals surface area contributed by atoms with Crippen LogP contribution in [0.5, 0.6) is 5.75 Å². The highest BCUT2D eigenvalue weighted by Gasteiger charge is 2.10. The van der Waals surface area contributed by atoms with Crippen LogP contribution in [-0.2, 0) is 11.3 Å². The van der Waals surface area contributed by atoms with E-state index in [-0.39, 0.29) is 6.10 Å². The Balaban J connectivity index is 1.49. The molecule has 1 unspecified atom stereocenters. The molecule has 0 aliphatic carbocycles. The first kappa shape index (κ1) is 20.5. The first-order chi connectivity index (χ1) is 13.7. The molecule has 0 fully saturated rings. The second-order valence-corrected chi connectivity index (χ2v) is 7.90. The van der Waals surface area contributed by atoms with Crippen molar-refractivity contribution in [3.63, 3.8) is 0 Å². The summed E-state index contributed by atoms with van der Waals surface area (Å²) in [6.07, 6.45) is 5.12. The SMILES string of the molecule is CC[C@@H](C)C(C)OCSc1cccc(OCc2ccc(-n3cccn3)cc2)c1. The van der Waals surface area contributed by atoms with Gasteiger partial charge in [0.25, 0.3) is 0 Å². The van der Waals surface area contributed by atoms with Crippen LogP contribution in [0.3, 0.4) is 0 Å². The fourth-order valence-corrected chi connectivity index (χ4v) is 3.49. The molecule has 0 N–H and O–H groups in total. The van der Waals surface area contributed by atoms with E-state index in [0.29, 0.717) is 18.5 Å². The predicted molar refractivity (Wildman–Crippen MR) is 115 cm³/mol. The number of thioether (sulfide) groups is 1. The van der Waals surface area contributed by atoms with Gasteiger partial charge in [-0.2, -0.15) is 5.10 Å². The molecule has 3 aromatic rings. The summed E-state index contributed by atoms with van der Waals surface area (Å²) in [6.45, 7) is 7.11. The first-order valence-corrected chi connectivity index (χ1v) is 10.7. The molecule has 0 radical (unpaired) electrons. The molecule has 4 nitrogen and oxygen atoms in total. The molecule has 0 aliphatic rings. The highest BCUT2D eigenvalue weighted by molar-refractivity contribution is 7.99. The number of hydrogen-bond donors (Lipinski definition) is 0. The van der Waals surface area contributed by atoms with Crippen molar-refractivity contribution in [2.75, 3.05) is 5.94 Å². The normalized spacial score (nSPS) is 13.2. The molecule has 0 saturated heterocycles. The number of nitrogens with zero attached hydrogens (tertiary/aromatic N) is 2. The second kappa shape index (κ2) is 10.3. The smallest absolute Gasteiger partial charge is 0.120 e. The average molecular weight is 397 g/mol. The van der Waals surface area contributed by atoms with Gasteiger partial charge in [0.05, 0.1) is 17.7 Å². The summed E-state index contributed by atoms with van der Waals surface area (Å²) in [5.41, 5.74) is 2.17. The molecule has 0 spiro atoms. The van der Waals surface area contributed by atoms with Crippen LogP contribution < -0.4 is 4.74 Å². The molecule has 0 amide bonds. The minimum atomic E-state index is 0.279. The number of hydrogen-bond acceptors (Lipinski definition) is 4. The van der Waals surface area contributed by atoms with Gasteiger partial charge in [0.2, 0.25) is 0 Å². The van der Waals surface area contributed by atoms with E-state index in [1.165, 1.54) is 0 Å². The monoisotopic (exact) mass is 396 g/mol. The molecule has 148 valence electrons. The summed E-state index contributed by atoms with van der Waals surface area (Å²) < 4.78 is 13.7. The lowest BCUT2D eigenvalue weighted by Gasteiger charge is -2.18.